The monoisotopic (exact) mass is 349 g/mol. The average molecular weight is 349 g/mol. The van der Waals surface area contributed by atoms with E-state index < -0.39 is 12.1 Å². The lowest BCUT2D eigenvalue weighted by molar-refractivity contribution is -0.147. The molecular formula is C20H31NO4. The van der Waals surface area contributed by atoms with Crippen LogP contribution in [0.25, 0.3) is 0 Å². The van der Waals surface area contributed by atoms with Crippen molar-refractivity contribution in [1.29, 1.82) is 0 Å². The van der Waals surface area contributed by atoms with Gasteiger partial charge in [0.1, 0.15) is 12.6 Å². The number of rotatable bonds is 11. The van der Waals surface area contributed by atoms with Crippen molar-refractivity contribution in [2.24, 2.45) is 5.92 Å². The van der Waals surface area contributed by atoms with E-state index in [4.69, 9.17) is 9.47 Å². The Hall–Kier alpha value is -2.04. The highest BCUT2D eigenvalue weighted by Crippen LogP contribution is 2.11. The van der Waals surface area contributed by atoms with Gasteiger partial charge in [-0.05, 0) is 17.9 Å². The number of amides is 1. The maximum Gasteiger partial charge on any atom is 0.408 e. The molecule has 140 valence electrons. The number of benzene rings is 1. The molecule has 0 aliphatic rings. The molecule has 0 bridgehead atoms. The summed E-state index contributed by atoms with van der Waals surface area (Å²) < 4.78 is 10.5. The fraction of sp³-hybridized carbons (Fsp3) is 0.600. The molecule has 0 aliphatic carbocycles. The van der Waals surface area contributed by atoms with Crippen molar-refractivity contribution < 1.29 is 19.1 Å². The second kappa shape index (κ2) is 12.3. The molecule has 0 saturated heterocycles. The maximum absolute atomic E-state index is 12.3. The lowest BCUT2D eigenvalue weighted by Gasteiger charge is -2.22. The summed E-state index contributed by atoms with van der Waals surface area (Å²) in [5, 5.41) is 2.65. The van der Waals surface area contributed by atoms with Crippen LogP contribution in [0.15, 0.2) is 30.3 Å². The number of nitrogens with one attached hydrogen (secondary N) is 1. The third-order valence-corrected chi connectivity index (χ3v) is 4.20. The Morgan fingerprint density at radius 3 is 2.40 bits per heavy atom. The number of alkyl carbamates (subject to hydrolysis) is 1. The topological polar surface area (TPSA) is 64.6 Å². The van der Waals surface area contributed by atoms with Gasteiger partial charge in [-0.25, -0.2) is 9.59 Å². The molecule has 25 heavy (non-hydrogen) atoms. The molecule has 0 heterocycles. The van der Waals surface area contributed by atoms with Gasteiger partial charge in [0.25, 0.3) is 0 Å². The Kier molecular flexibility index (Phi) is 10.4. The van der Waals surface area contributed by atoms with Crippen molar-refractivity contribution in [3.8, 4) is 0 Å². The standard InChI is InChI=1S/C20H31NO4/c1-4-6-7-11-14-24-19(22)18(16(3)5-2)21-20(23)25-15-17-12-9-8-10-13-17/h8-10,12-13,16,18H,4-7,11,14-15H2,1-3H3,(H,21,23). The lowest BCUT2D eigenvalue weighted by atomic mass is 9.99. The van der Waals surface area contributed by atoms with E-state index in [2.05, 4.69) is 12.2 Å². The molecule has 1 rings (SSSR count). The SMILES string of the molecule is CCCCCCOC(=O)C(NC(=O)OCc1ccccc1)C(C)CC. The van der Waals surface area contributed by atoms with Gasteiger partial charge >= 0.3 is 12.1 Å². The molecule has 1 aromatic carbocycles. The molecule has 5 nitrogen and oxygen atoms in total. The van der Waals surface area contributed by atoms with Gasteiger partial charge in [-0.1, -0.05) is 76.8 Å². The van der Waals surface area contributed by atoms with E-state index in [1.54, 1.807) is 0 Å². The van der Waals surface area contributed by atoms with E-state index in [1.807, 2.05) is 44.2 Å². The summed E-state index contributed by atoms with van der Waals surface area (Å²) in [6.45, 7) is 6.60. The zero-order valence-electron chi connectivity index (χ0n) is 15.6. The van der Waals surface area contributed by atoms with Crippen molar-refractivity contribution in [2.75, 3.05) is 6.61 Å². The number of ether oxygens (including phenoxy) is 2. The number of esters is 1. The van der Waals surface area contributed by atoms with Crippen LogP contribution < -0.4 is 5.32 Å². The molecular weight excluding hydrogens is 318 g/mol. The number of unbranched alkanes of at least 4 members (excludes halogenated alkanes) is 3. The minimum absolute atomic E-state index is 0.0209. The summed E-state index contributed by atoms with van der Waals surface area (Å²) in [5.41, 5.74) is 0.899. The molecule has 0 aromatic heterocycles. The van der Waals surface area contributed by atoms with Crippen LogP contribution in [0.2, 0.25) is 0 Å². The van der Waals surface area contributed by atoms with Gasteiger partial charge in [-0.15, -0.1) is 0 Å². The molecule has 0 radical (unpaired) electrons. The van der Waals surface area contributed by atoms with Crippen LogP contribution in [0.3, 0.4) is 0 Å². The minimum atomic E-state index is -0.681. The minimum Gasteiger partial charge on any atom is -0.464 e. The lowest BCUT2D eigenvalue weighted by Crippen LogP contribution is -2.46. The molecule has 2 atom stereocenters. The highest BCUT2D eigenvalue weighted by Gasteiger charge is 2.27. The first-order chi connectivity index (χ1) is 12.1. The van der Waals surface area contributed by atoms with Crippen LogP contribution in [-0.2, 0) is 20.9 Å². The Morgan fingerprint density at radius 2 is 1.76 bits per heavy atom. The van der Waals surface area contributed by atoms with E-state index in [0.29, 0.717) is 6.61 Å². The summed E-state index contributed by atoms with van der Waals surface area (Å²) in [4.78, 5) is 24.3. The van der Waals surface area contributed by atoms with Crippen molar-refractivity contribution >= 4 is 12.1 Å². The summed E-state index contributed by atoms with van der Waals surface area (Å²) in [5.74, 6) is -0.407. The first-order valence-corrected chi connectivity index (χ1v) is 9.22. The van der Waals surface area contributed by atoms with Crippen LogP contribution in [0.1, 0.15) is 58.4 Å². The maximum atomic E-state index is 12.3. The van der Waals surface area contributed by atoms with E-state index in [9.17, 15) is 9.59 Å². The smallest absolute Gasteiger partial charge is 0.408 e. The van der Waals surface area contributed by atoms with Crippen molar-refractivity contribution in [1.82, 2.24) is 5.32 Å². The van der Waals surface area contributed by atoms with Crippen LogP contribution in [0.5, 0.6) is 0 Å². The second-order valence-electron chi connectivity index (χ2n) is 6.30. The van der Waals surface area contributed by atoms with Gasteiger partial charge in [0, 0.05) is 0 Å². The fourth-order valence-corrected chi connectivity index (χ4v) is 2.35. The number of carbonyl (C=O) groups excluding carboxylic acids is 2. The Morgan fingerprint density at radius 1 is 1.04 bits per heavy atom. The van der Waals surface area contributed by atoms with Gasteiger partial charge in [0.15, 0.2) is 0 Å². The van der Waals surface area contributed by atoms with E-state index >= 15 is 0 Å². The predicted molar refractivity (Wildman–Crippen MR) is 98.1 cm³/mol. The zero-order valence-corrected chi connectivity index (χ0v) is 15.6. The number of hydrogen-bond acceptors (Lipinski definition) is 4. The van der Waals surface area contributed by atoms with Gasteiger partial charge in [0.2, 0.25) is 0 Å². The number of hydrogen-bond donors (Lipinski definition) is 1. The van der Waals surface area contributed by atoms with Crippen LogP contribution in [0, 0.1) is 5.92 Å². The van der Waals surface area contributed by atoms with Crippen molar-refractivity contribution in [3.63, 3.8) is 0 Å². The molecule has 0 spiro atoms. The molecule has 0 fully saturated rings. The summed E-state index contributed by atoms with van der Waals surface area (Å²) >= 11 is 0. The van der Waals surface area contributed by atoms with Crippen LogP contribution in [0.4, 0.5) is 4.79 Å². The highest BCUT2D eigenvalue weighted by molar-refractivity contribution is 5.81. The number of carbonyl (C=O) groups is 2. The Labute approximate surface area is 151 Å². The highest BCUT2D eigenvalue weighted by atomic mass is 16.6. The van der Waals surface area contributed by atoms with E-state index in [-0.39, 0.29) is 18.5 Å². The third kappa shape index (κ3) is 8.57. The molecule has 1 aromatic rings. The Balaban J connectivity index is 2.45. The van der Waals surface area contributed by atoms with Gasteiger partial charge in [-0.3, -0.25) is 0 Å². The van der Waals surface area contributed by atoms with Gasteiger partial charge in [-0.2, -0.15) is 0 Å². The van der Waals surface area contributed by atoms with Gasteiger partial charge < -0.3 is 14.8 Å². The third-order valence-electron chi connectivity index (χ3n) is 4.20. The van der Waals surface area contributed by atoms with E-state index in [0.717, 1.165) is 37.7 Å². The molecule has 0 saturated carbocycles. The van der Waals surface area contributed by atoms with Crippen molar-refractivity contribution in [3.05, 3.63) is 35.9 Å². The largest absolute Gasteiger partial charge is 0.464 e. The first kappa shape index (κ1) is 21.0. The zero-order chi connectivity index (χ0) is 18.5. The fourth-order valence-electron chi connectivity index (χ4n) is 2.35. The van der Waals surface area contributed by atoms with Crippen LogP contribution in [-0.4, -0.2) is 24.7 Å². The molecule has 0 aliphatic heterocycles. The van der Waals surface area contributed by atoms with E-state index in [1.165, 1.54) is 0 Å². The molecule has 1 N–H and O–H groups in total. The summed E-state index contributed by atoms with van der Waals surface area (Å²) in [7, 11) is 0. The van der Waals surface area contributed by atoms with Gasteiger partial charge in [0.05, 0.1) is 6.61 Å². The van der Waals surface area contributed by atoms with Crippen LogP contribution >= 0.6 is 0 Å². The normalized spacial score (nSPS) is 12.9. The molecule has 2 unspecified atom stereocenters. The second-order valence-corrected chi connectivity index (χ2v) is 6.30. The summed E-state index contributed by atoms with van der Waals surface area (Å²) in [6.07, 6.45) is 4.33. The average Bonchev–Trinajstić information content (AvgIpc) is 2.64. The quantitative estimate of drug-likeness (QED) is 0.473. The Bertz CT molecular complexity index is 504. The molecule has 1 amide bonds. The predicted octanol–water partition coefficient (Wildman–Crippen LogP) is 4.45. The van der Waals surface area contributed by atoms with Crippen molar-refractivity contribution in [2.45, 2.75) is 65.5 Å². The summed E-state index contributed by atoms with van der Waals surface area (Å²) in [6, 6.07) is 8.75. The molecule has 5 heteroatoms. The first-order valence-electron chi connectivity index (χ1n) is 9.22.